The lowest BCUT2D eigenvalue weighted by Gasteiger charge is -2.09. The van der Waals surface area contributed by atoms with Crippen LogP contribution in [0.25, 0.3) is 10.8 Å². The van der Waals surface area contributed by atoms with E-state index in [9.17, 15) is 0 Å². The summed E-state index contributed by atoms with van der Waals surface area (Å²) in [6.07, 6.45) is 1.19. The maximum atomic E-state index is 6.04. The molecule has 0 radical (unpaired) electrons. The maximum absolute atomic E-state index is 6.04. The molecule has 17 heavy (non-hydrogen) atoms. The summed E-state index contributed by atoms with van der Waals surface area (Å²) in [7, 11) is 0. The van der Waals surface area contributed by atoms with Gasteiger partial charge in [-0.15, -0.1) is 22.0 Å². The lowest BCUT2D eigenvalue weighted by atomic mass is 10.2. The highest BCUT2D eigenvalue weighted by Gasteiger charge is 2.09. The topological polar surface area (TPSA) is 25.8 Å². The number of benzene rings is 1. The highest BCUT2D eigenvalue weighted by atomic mass is 35.5. The van der Waals surface area contributed by atoms with Crippen LogP contribution in [0.4, 0.5) is 0 Å². The molecular weight excluding hydrogens is 252 g/mol. The average molecular weight is 267 g/mol. The van der Waals surface area contributed by atoms with E-state index in [0.29, 0.717) is 11.1 Å². The average Bonchev–Trinajstić information content (AvgIpc) is 2.38. The van der Waals surface area contributed by atoms with Crippen molar-refractivity contribution in [1.82, 2.24) is 10.2 Å². The van der Waals surface area contributed by atoms with Gasteiger partial charge in [-0.3, -0.25) is 0 Å². The Bertz CT molecular complexity index is 516. The van der Waals surface area contributed by atoms with E-state index in [2.05, 4.69) is 30.1 Å². The summed E-state index contributed by atoms with van der Waals surface area (Å²) in [5.41, 5.74) is 0. The van der Waals surface area contributed by atoms with Gasteiger partial charge in [0.2, 0.25) is 0 Å². The summed E-state index contributed by atoms with van der Waals surface area (Å²) in [6.45, 7) is 4.45. The SMILES string of the molecule is CCC(C)CSc1nnc(Cl)c2ccccc12. The monoisotopic (exact) mass is 266 g/mol. The molecule has 1 aromatic heterocycles. The molecule has 90 valence electrons. The van der Waals surface area contributed by atoms with Crippen molar-refractivity contribution >= 4 is 34.1 Å². The predicted molar refractivity (Wildman–Crippen MR) is 74.7 cm³/mol. The van der Waals surface area contributed by atoms with E-state index < -0.39 is 0 Å². The third-order valence-electron chi connectivity index (χ3n) is 2.81. The van der Waals surface area contributed by atoms with Gasteiger partial charge in [0.05, 0.1) is 0 Å². The second-order valence-electron chi connectivity index (χ2n) is 4.17. The van der Waals surface area contributed by atoms with E-state index in [1.54, 1.807) is 11.8 Å². The molecule has 2 aromatic rings. The first-order valence-electron chi connectivity index (χ1n) is 5.76. The summed E-state index contributed by atoms with van der Waals surface area (Å²) in [4.78, 5) is 0. The lowest BCUT2D eigenvalue weighted by Crippen LogP contribution is -1.97. The van der Waals surface area contributed by atoms with Gasteiger partial charge in [-0.2, -0.15) is 0 Å². The number of halogens is 1. The molecule has 0 amide bonds. The standard InChI is InChI=1S/C13H15ClN2S/c1-3-9(2)8-17-13-11-7-5-4-6-10(11)12(14)15-16-13/h4-7,9H,3,8H2,1-2H3. The zero-order valence-corrected chi connectivity index (χ0v) is 11.6. The Labute approximate surface area is 111 Å². The van der Waals surface area contributed by atoms with Gasteiger partial charge in [0.15, 0.2) is 5.15 Å². The summed E-state index contributed by atoms with van der Waals surface area (Å²) in [6, 6.07) is 8.02. The minimum absolute atomic E-state index is 0.480. The van der Waals surface area contributed by atoms with Crippen molar-refractivity contribution in [1.29, 1.82) is 0 Å². The number of nitrogens with zero attached hydrogens (tertiary/aromatic N) is 2. The van der Waals surface area contributed by atoms with Crippen LogP contribution < -0.4 is 0 Å². The largest absolute Gasteiger partial charge is 0.159 e. The minimum atomic E-state index is 0.480. The third-order valence-corrected chi connectivity index (χ3v) is 4.40. The zero-order chi connectivity index (χ0) is 12.3. The summed E-state index contributed by atoms with van der Waals surface area (Å²) < 4.78 is 0. The van der Waals surface area contributed by atoms with E-state index in [-0.39, 0.29) is 0 Å². The van der Waals surface area contributed by atoms with Crippen LogP contribution in [0, 0.1) is 5.92 Å². The fourth-order valence-corrected chi connectivity index (χ4v) is 2.80. The smallest absolute Gasteiger partial charge is 0.142 e. The fourth-order valence-electron chi connectivity index (χ4n) is 1.49. The molecular formula is C13H15ClN2S. The highest BCUT2D eigenvalue weighted by molar-refractivity contribution is 7.99. The van der Waals surface area contributed by atoms with E-state index >= 15 is 0 Å². The second-order valence-corrected chi connectivity index (χ2v) is 5.53. The van der Waals surface area contributed by atoms with Crippen molar-refractivity contribution in [2.45, 2.75) is 25.3 Å². The molecule has 0 aliphatic rings. The Morgan fingerprint density at radius 1 is 1.24 bits per heavy atom. The predicted octanol–water partition coefficient (Wildman–Crippen LogP) is 4.42. The van der Waals surface area contributed by atoms with E-state index in [0.717, 1.165) is 21.6 Å². The normalized spacial score (nSPS) is 12.9. The highest BCUT2D eigenvalue weighted by Crippen LogP contribution is 2.30. The fraction of sp³-hybridized carbons (Fsp3) is 0.385. The van der Waals surface area contributed by atoms with Gasteiger partial charge in [-0.05, 0) is 5.92 Å². The Hall–Kier alpha value is -0.800. The molecule has 1 atom stereocenters. The molecule has 0 saturated heterocycles. The molecule has 0 N–H and O–H groups in total. The van der Waals surface area contributed by atoms with Gasteiger partial charge in [0, 0.05) is 16.5 Å². The minimum Gasteiger partial charge on any atom is -0.142 e. The van der Waals surface area contributed by atoms with Crippen molar-refractivity contribution in [3.63, 3.8) is 0 Å². The van der Waals surface area contributed by atoms with Crippen LogP contribution in [0.1, 0.15) is 20.3 Å². The molecule has 0 saturated carbocycles. The van der Waals surface area contributed by atoms with Crippen LogP contribution in [0.5, 0.6) is 0 Å². The Morgan fingerprint density at radius 2 is 1.94 bits per heavy atom. The molecule has 0 fully saturated rings. The number of fused-ring (bicyclic) bond motifs is 1. The molecule has 4 heteroatoms. The van der Waals surface area contributed by atoms with Crippen LogP contribution in [0.2, 0.25) is 5.15 Å². The molecule has 0 aliphatic heterocycles. The first-order valence-corrected chi connectivity index (χ1v) is 7.12. The first-order chi connectivity index (χ1) is 8.22. The lowest BCUT2D eigenvalue weighted by molar-refractivity contribution is 0.636. The van der Waals surface area contributed by atoms with Crippen molar-refractivity contribution in [3.05, 3.63) is 29.4 Å². The van der Waals surface area contributed by atoms with Crippen LogP contribution in [0.15, 0.2) is 29.3 Å². The number of thioether (sulfide) groups is 1. The molecule has 0 aliphatic carbocycles. The summed E-state index contributed by atoms with van der Waals surface area (Å²) in [5.74, 6) is 1.76. The van der Waals surface area contributed by atoms with Crippen LogP contribution in [-0.4, -0.2) is 16.0 Å². The summed E-state index contributed by atoms with van der Waals surface area (Å²) >= 11 is 7.80. The van der Waals surface area contributed by atoms with Gasteiger partial charge in [-0.25, -0.2) is 0 Å². The molecule has 0 bridgehead atoms. The Balaban J connectivity index is 2.32. The van der Waals surface area contributed by atoms with Gasteiger partial charge in [-0.1, -0.05) is 56.1 Å². The van der Waals surface area contributed by atoms with Gasteiger partial charge >= 0.3 is 0 Å². The Morgan fingerprint density at radius 3 is 2.65 bits per heavy atom. The van der Waals surface area contributed by atoms with Crippen molar-refractivity contribution in [3.8, 4) is 0 Å². The summed E-state index contributed by atoms with van der Waals surface area (Å²) in [5, 5.41) is 11.7. The molecule has 1 heterocycles. The number of hydrogen-bond donors (Lipinski definition) is 0. The number of aromatic nitrogens is 2. The molecule has 2 nitrogen and oxygen atoms in total. The molecule has 2 rings (SSSR count). The van der Waals surface area contributed by atoms with Gasteiger partial charge in [0.1, 0.15) is 5.03 Å². The zero-order valence-electron chi connectivity index (χ0n) is 9.98. The van der Waals surface area contributed by atoms with Crippen LogP contribution in [0.3, 0.4) is 0 Å². The van der Waals surface area contributed by atoms with E-state index in [1.807, 2.05) is 18.2 Å². The molecule has 1 aromatic carbocycles. The van der Waals surface area contributed by atoms with E-state index in [1.165, 1.54) is 6.42 Å². The van der Waals surface area contributed by atoms with E-state index in [4.69, 9.17) is 11.6 Å². The Kier molecular flexibility index (Phi) is 4.24. The van der Waals surface area contributed by atoms with Gasteiger partial charge < -0.3 is 0 Å². The first kappa shape index (κ1) is 12.7. The van der Waals surface area contributed by atoms with Crippen LogP contribution in [-0.2, 0) is 0 Å². The number of hydrogen-bond acceptors (Lipinski definition) is 3. The van der Waals surface area contributed by atoms with Gasteiger partial charge in [0.25, 0.3) is 0 Å². The maximum Gasteiger partial charge on any atom is 0.159 e. The molecule has 1 unspecified atom stereocenters. The van der Waals surface area contributed by atoms with Crippen molar-refractivity contribution in [2.75, 3.05) is 5.75 Å². The molecule has 0 spiro atoms. The number of rotatable bonds is 4. The second kappa shape index (κ2) is 5.69. The van der Waals surface area contributed by atoms with Crippen molar-refractivity contribution in [2.24, 2.45) is 5.92 Å². The van der Waals surface area contributed by atoms with Crippen molar-refractivity contribution < 1.29 is 0 Å². The third kappa shape index (κ3) is 2.90. The quantitative estimate of drug-likeness (QED) is 0.766. The van der Waals surface area contributed by atoms with Crippen LogP contribution >= 0.6 is 23.4 Å².